The van der Waals surface area contributed by atoms with Crippen LogP contribution < -0.4 is 10.2 Å². The summed E-state index contributed by atoms with van der Waals surface area (Å²) < 4.78 is 29.8. The maximum Gasteiger partial charge on any atom is 0.245 e. The van der Waals surface area contributed by atoms with Gasteiger partial charge < -0.3 is 15.3 Å². The predicted molar refractivity (Wildman–Crippen MR) is 135 cm³/mol. The molecule has 10 heteroatoms. The van der Waals surface area contributed by atoms with Crippen LogP contribution in [0.3, 0.4) is 0 Å². The number of phenolic OH excluding ortho intramolecular Hbond substituents is 1. The van der Waals surface area contributed by atoms with E-state index in [1.165, 1.54) is 24.0 Å². The Morgan fingerprint density at radius 2 is 1.92 bits per heavy atom. The molecule has 0 radical (unpaired) electrons. The zero-order chi connectivity index (χ0) is 24.8. The van der Waals surface area contributed by atoms with Gasteiger partial charge in [-0.1, -0.05) is 12.5 Å². The first-order valence-electron chi connectivity index (χ1n) is 12.4. The van der Waals surface area contributed by atoms with E-state index in [0.29, 0.717) is 39.4 Å². The van der Waals surface area contributed by atoms with Crippen molar-refractivity contribution in [1.29, 1.82) is 0 Å². The number of hydrogen-bond donors (Lipinski definition) is 2. The minimum atomic E-state index is -0.970. The fourth-order valence-electron chi connectivity index (χ4n) is 5.56. The molecule has 0 amide bonds. The van der Waals surface area contributed by atoms with Crippen molar-refractivity contribution in [2.75, 3.05) is 11.2 Å². The number of phenols is 1. The number of thioether (sulfide) groups is 1. The number of halogens is 2. The van der Waals surface area contributed by atoms with Crippen molar-refractivity contribution in [2.45, 2.75) is 73.9 Å². The van der Waals surface area contributed by atoms with Gasteiger partial charge >= 0.3 is 0 Å². The third-order valence-corrected chi connectivity index (χ3v) is 8.14. The second-order valence-corrected chi connectivity index (χ2v) is 10.7. The lowest BCUT2D eigenvalue weighted by atomic mass is 9.82. The van der Waals surface area contributed by atoms with Crippen LogP contribution in [0.15, 0.2) is 41.7 Å². The summed E-state index contributed by atoms with van der Waals surface area (Å²) in [6.45, 7) is 0. The van der Waals surface area contributed by atoms with Gasteiger partial charge in [-0.15, -0.1) is 22.0 Å². The van der Waals surface area contributed by atoms with Gasteiger partial charge in [0.1, 0.15) is 23.4 Å². The lowest BCUT2D eigenvalue weighted by Crippen LogP contribution is -2.62. The number of fused-ring (bicyclic) bond motifs is 2. The quantitative estimate of drug-likeness (QED) is 0.459. The van der Waals surface area contributed by atoms with Crippen molar-refractivity contribution in [2.24, 2.45) is 0 Å². The van der Waals surface area contributed by atoms with Gasteiger partial charge in [0.05, 0.1) is 23.5 Å². The highest BCUT2D eigenvalue weighted by atomic mass is 32.2. The molecule has 1 saturated carbocycles. The third-order valence-electron chi connectivity index (χ3n) is 7.50. The highest BCUT2D eigenvalue weighted by molar-refractivity contribution is 7.98. The molecule has 188 valence electrons. The van der Waals surface area contributed by atoms with Gasteiger partial charge in [0.15, 0.2) is 0 Å². The molecule has 2 bridgehead atoms. The average molecular weight is 511 g/mol. The molecule has 2 aromatic heterocycles. The zero-order valence-corrected chi connectivity index (χ0v) is 20.8. The molecule has 2 N–H and O–H groups in total. The highest BCUT2D eigenvalue weighted by Crippen LogP contribution is 2.39. The topological polar surface area (TPSA) is 87.1 Å². The second kappa shape index (κ2) is 9.55. The van der Waals surface area contributed by atoms with E-state index in [0.717, 1.165) is 38.5 Å². The van der Waals surface area contributed by atoms with Crippen LogP contribution in [0.5, 0.6) is 5.75 Å². The number of benzene rings is 1. The van der Waals surface area contributed by atoms with Gasteiger partial charge in [0, 0.05) is 29.3 Å². The number of alkyl halides is 1. The Morgan fingerprint density at radius 3 is 2.64 bits per heavy atom. The Hall–Kier alpha value is -2.85. The monoisotopic (exact) mass is 510 g/mol. The molecule has 4 atom stereocenters. The molecule has 7 nitrogen and oxygen atoms in total. The summed E-state index contributed by atoms with van der Waals surface area (Å²) in [5.41, 5.74) is 1.75. The van der Waals surface area contributed by atoms with E-state index in [9.17, 15) is 9.50 Å². The molecule has 3 aromatic rings. The van der Waals surface area contributed by atoms with Crippen molar-refractivity contribution >= 4 is 17.7 Å². The summed E-state index contributed by atoms with van der Waals surface area (Å²) in [5.74, 6) is -0.0695. The van der Waals surface area contributed by atoms with Gasteiger partial charge in [-0.2, -0.15) is 0 Å². The number of anilines is 1. The molecule has 36 heavy (non-hydrogen) atoms. The largest absolute Gasteiger partial charge is 0.507 e. The predicted octanol–water partition coefficient (Wildman–Crippen LogP) is 4.76. The first-order chi connectivity index (χ1) is 17.5. The summed E-state index contributed by atoms with van der Waals surface area (Å²) in [4.78, 5) is 10.6. The smallest absolute Gasteiger partial charge is 0.245 e. The van der Waals surface area contributed by atoms with Crippen LogP contribution in [0, 0.1) is 5.82 Å². The minimum Gasteiger partial charge on any atom is -0.507 e. The molecule has 1 aliphatic carbocycles. The number of aromatic nitrogens is 4. The van der Waals surface area contributed by atoms with Crippen molar-refractivity contribution in [3.05, 3.63) is 42.5 Å². The molecule has 6 rings (SSSR count). The summed E-state index contributed by atoms with van der Waals surface area (Å²) in [5, 5.41) is 23.6. The van der Waals surface area contributed by atoms with Crippen LogP contribution in [0.2, 0.25) is 0 Å². The first kappa shape index (κ1) is 23.5. The maximum absolute atomic E-state index is 15.4. The van der Waals surface area contributed by atoms with Gasteiger partial charge in [0.2, 0.25) is 5.95 Å². The number of rotatable bonds is 6. The van der Waals surface area contributed by atoms with Gasteiger partial charge in [-0.3, -0.25) is 0 Å². The maximum atomic E-state index is 15.4. The van der Waals surface area contributed by atoms with Gasteiger partial charge in [0.25, 0.3) is 0 Å². The molecule has 3 aliphatic rings. The minimum absolute atomic E-state index is 0.0488. The fourth-order valence-corrected chi connectivity index (χ4v) is 5.96. The van der Waals surface area contributed by atoms with Gasteiger partial charge in [-0.05, 0) is 62.1 Å². The number of pyridine rings is 1. The summed E-state index contributed by atoms with van der Waals surface area (Å²) in [7, 11) is 0. The van der Waals surface area contributed by atoms with Gasteiger partial charge in [-0.25, -0.2) is 18.7 Å². The van der Waals surface area contributed by atoms with E-state index < -0.39 is 12.0 Å². The second-order valence-electron chi connectivity index (χ2n) is 9.87. The molecule has 3 fully saturated rings. The fraction of sp³-hybridized carbons (Fsp3) is 0.462. The number of hydrogen-bond acceptors (Lipinski definition) is 8. The van der Waals surface area contributed by atoms with Crippen LogP contribution in [-0.2, 0) is 0 Å². The Labute approximate surface area is 212 Å². The van der Waals surface area contributed by atoms with Crippen molar-refractivity contribution in [3.8, 4) is 28.1 Å². The number of nitrogens with zero attached hydrogens (tertiary/aromatic N) is 5. The number of nitrogens with one attached hydrogen (secondary N) is 1. The van der Waals surface area contributed by atoms with E-state index in [-0.39, 0.29) is 23.9 Å². The molecule has 1 aromatic carbocycles. The summed E-state index contributed by atoms with van der Waals surface area (Å²) in [6, 6.07) is 6.79. The van der Waals surface area contributed by atoms with Crippen molar-refractivity contribution in [1.82, 2.24) is 25.5 Å². The normalized spacial score (nSPS) is 25.5. The number of piperidine rings is 2. The van der Waals surface area contributed by atoms with E-state index in [2.05, 4.69) is 25.5 Å². The average Bonchev–Trinajstić information content (AvgIpc) is 3.73. The number of aromatic hydroxyl groups is 1. The standard InChI is InChI=1S/C26H28F2N6OS/c1-36-24-11-18(19(27)12-29-24)14-5-8-17(23(35)9-14)21-13-30-26(33-32-21)34(16-6-7-16)22-10-15-3-2-4-20(31-15)25(22)28/h5,8-9,11-13,15-16,20,22,25,31,35H,2-4,6-7,10H2,1H3/t15-,20-,22+,25-/m0/s1. The van der Waals surface area contributed by atoms with Crippen molar-refractivity contribution < 1.29 is 13.9 Å². The van der Waals surface area contributed by atoms with Crippen LogP contribution in [-0.4, -0.2) is 61.9 Å². The van der Waals surface area contributed by atoms with E-state index >= 15 is 4.39 Å². The van der Waals surface area contributed by atoms with Crippen LogP contribution >= 0.6 is 11.8 Å². The SMILES string of the molecule is CSc1cc(-c2ccc(-c3cnc(N(C4CC4)[C@@H]4C[C@@H]5CCC[C@H](N5)[C@@H]4F)nn3)c(O)c2)c(F)cn1. The molecule has 0 unspecified atom stereocenters. The van der Waals surface area contributed by atoms with Crippen molar-refractivity contribution in [3.63, 3.8) is 0 Å². The lowest BCUT2D eigenvalue weighted by molar-refractivity contribution is 0.103. The molecule has 2 aliphatic heterocycles. The van der Waals surface area contributed by atoms with E-state index in [1.807, 2.05) is 11.2 Å². The molecular weight excluding hydrogens is 482 g/mol. The Kier molecular flexibility index (Phi) is 6.25. The van der Waals surface area contributed by atoms with E-state index in [1.54, 1.807) is 24.4 Å². The lowest BCUT2D eigenvalue weighted by Gasteiger charge is -2.46. The Balaban J connectivity index is 1.26. The molecule has 4 heterocycles. The Bertz CT molecular complexity index is 1260. The molecule has 0 spiro atoms. The highest BCUT2D eigenvalue weighted by Gasteiger charge is 2.47. The van der Waals surface area contributed by atoms with E-state index in [4.69, 9.17) is 0 Å². The summed E-state index contributed by atoms with van der Waals surface area (Å²) in [6.07, 6.45) is 9.41. The molecular formula is C26H28F2N6OS. The van der Waals surface area contributed by atoms with Crippen LogP contribution in [0.1, 0.15) is 38.5 Å². The Morgan fingerprint density at radius 1 is 1.06 bits per heavy atom. The van der Waals surface area contributed by atoms with Crippen LogP contribution in [0.25, 0.3) is 22.4 Å². The molecule has 2 saturated heterocycles. The van der Waals surface area contributed by atoms with Crippen LogP contribution in [0.4, 0.5) is 14.7 Å². The summed E-state index contributed by atoms with van der Waals surface area (Å²) >= 11 is 1.42. The first-order valence-corrected chi connectivity index (χ1v) is 13.7. The zero-order valence-electron chi connectivity index (χ0n) is 19.9. The third kappa shape index (κ3) is 4.41.